The maximum Gasteiger partial charge on any atom is 0.326 e. The van der Waals surface area contributed by atoms with E-state index < -0.39 is 59.7 Å². The van der Waals surface area contributed by atoms with Gasteiger partial charge in [-0.05, 0) is 77.2 Å². The predicted octanol–water partition coefficient (Wildman–Crippen LogP) is 0.382. The number of carbonyl (C=O) groups excluding carboxylic acids is 5. The van der Waals surface area contributed by atoms with Gasteiger partial charge in [-0.3, -0.25) is 38.4 Å². The Hall–Kier alpha value is -4.81. The summed E-state index contributed by atoms with van der Waals surface area (Å²) in [5.41, 5.74) is 5.51. The number of carboxylic acid groups (broad SMARTS) is 4. The second kappa shape index (κ2) is 29.7. The Kier molecular flexibility index (Phi) is 27.0. The van der Waals surface area contributed by atoms with E-state index in [-0.39, 0.29) is 102 Å². The molecule has 0 aromatic heterocycles. The lowest BCUT2D eigenvalue weighted by Crippen LogP contribution is -2.55. The molecule has 0 aromatic rings. The van der Waals surface area contributed by atoms with Gasteiger partial charge in [-0.2, -0.15) is 0 Å². The lowest BCUT2D eigenvalue weighted by molar-refractivity contribution is -0.142. The molecule has 0 aromatic carbocycles. The summed E-state index contributed by atoms with van der Waals surface area (Å²) in [6, 6.07) is -3.63. The van der Waals surface area contributed by atoms with Crippen LogP contribution < -0.4 is 32.3 Å². The minimum Gasteiger partial charge on any atom is -0.481 e. The van der Waals surface area contributed by atoms with Crippen molar-refractivity contribution in [3.63, 3.8) is 0 Å². The monoisotopic (exact) mass is 758 g/mol. The minimum atomic E-state index is -1.26. The fourth-order valence-electron chi connectivity index (χ4n) is 5.06. The molecule has 0 heterocycles. The number of carboxylic acids is 4. The van der Waals surface area contributed by atoms with E-state index in [4.69, 9.17) is 21.1 Å². The third kappa shape index (κ3) is 27.5. The number of aliphatic carboxylic acids is 4. The number of unbranched alkanes of at least 4 members (excludes halogenated alkanes) is 4. The fourth-order valence-corrected chi connectivity index (χ4v) is 5.06. The summed E-state index contributed by atoms with van der Waals surface area (Å²) in [7, 11) is 0. The van der Waals surface area contributed by atoms with Crippen LogP contribution in [0.4, 0.5) is 0 Å². The van der Waals surface area contributed by atoms with Gasteiger partial charge in [-0.25, -0.2) is 4.79 Å². The molecular weight excluding hydrogens is 700 g/mol. The Bertz CT molecular complexity index is 1200. The summed E-state index contributed by atoms with van der Waals surface area (Å²) < 4.78 is 0. The number of amides is 5. The molecule has 0 rings (SSSR count). The first kappa shape index (κ1) is 48.2. The number of nitrogens with two attached hydrogens (primary N) is 1. The summed E-state index contributed by atoms with van der Waals surface area (Å²) in [6.07, 6.45) is 3.14. The average Bonchev–Trinajstić information content (AvgIpc) is 3.07. The minimum absolute atomic E-state index is 0.0202. The zero-order valence-electron chi connectivity index (χ0n) is 30.3. The van der Waals surface area contributed by atoms with Gasteiger partial charge < -0.3 is 52.7 Å². The number of rotatable bonds is 33. The molecule has 19 nitrogen and oxygen atoms in total. The van der Waals surface area contributed by atoms with Gasteiger partial charge in [0, 0.05) is 51.6 Å². The summed E-state index contributed by atoms with van der Waals surface area (Å²) in [4.78, 5) is 108. The molecule has 0 aliphatic heterocycles. The van der Waals surface area contributed by atoms with Gasteiger partial charge in [0.05, 0.1) is 0 Å². The molecule has 5 amide bonds. The Morgan fingerprint density at radius 3 is 1.21 bits per heavy atom. The van der Waals surface area contributed by atoms with Crippen LogP contribution in [0.3, 0.4) is 0 Å². The van der Waals surface area contributed by atoms with E-state index in [1.54, 1.807) is 0 Å². The maximum atomic E-state index is 13.6. The van der Waals surface area contributed by atoms with Crippen LogP contribution in [-0.4, -0.2) is 112 Å². The molecule has 0 aliphatic rings. The Labute approximate surface area is 309 Å². The molecule has 53 heavy (non-hydrogen) atoms. The molecule has 11 N–H and O–H groups in total. The van der Waals surface area contributed by atoms with Gasteiger partial charge in [0.25, 0.3) is 0 Å². The van der Waals surface area contributed by atoms with Crippen LogP contribution >= 0.6 is 0 Å². The van der Waals surface area contributed by atoms with Gasteiger partial charge in [0.1, 0.15) is 18.1 Å². The van der Waals surface area contributed by atoms with E-state index in [0.717, 1.165) is 0 Å². The quantitative estimate of drug-likeness (QED) is 0.0405. The molecule has 0 saturated heterocycles. The highest BCUT2D eigenvalue weighted by molar-refractivity contribution is 5.93. The molecule has 3 atom stereocenters. The van der Waals surface area contributed by atoms with Crippen molar-refractivity contribution in [2.75, 3.05) is 19.6 Å². The third-order valence-electron chi connectivity index (χ3n) is 7.96. The van der Waals surface area contributed by atoms with E-state index in [9.17, 15) is 48.3 Å². The summed E-state index contributed by atoms with van der Waals surface area (Å²) in [5.74, 6) is -7.16. The van der Waals surface area contributed by atoms with Crippen molar-refractivity contribution >= 4 is 53.4 Å². The van der Waals surface area contributed by atoms with Gasteiger partial charge in [0.2, 0.25) is 29.5 Å². The van der Waals surface area contributed by atoms with E-state index in [2.05, 4.69) is 26.6 Å². The van der Waals surface area contributed by atoms with Crippen molar-refractivity contribution in [3.8, 4) is 0 Å². The smallest absolute Gasteiger partial charge is 0.326 e. The molecule has 0 bridgehead atoms. The van der Waals surface area contributed by atoms with Crippen molar-refractivity contribution in [1.82, 2.24) is 26.6 Å². The lowest BCUT2D eigenvalue weighted by Gasteiger charge is -2.25. The van der Waals surface area contributed by atoms with Crippen LogP contribution in [0, 0.1) is 0 Å². The van der Waals surface area contributed by atoms with Crippen LogP contribution in [0.2, 0.25) is 0 Å². The van der Waals surface area contributed by atoms with E-state index in [0.29, 0.717) is 51.5 Å². The van der Waals surface area contributed by atoms with Crippen LogP contribution in [0.25, 0.3) is 0 Å². The predicted molar refractivity (Wildman–Crippen MR) is 189 cm³/mol. The maximum absolute atomic E-state index is 13.6. The lowest BCUT2D eigenvalue weighted by atomic mass is 10.0. The summed E-state index contributed by atoms with van der Waals surface area (Å²) in [6.45, 7) is 0.857. The van der Waals surface area contributed by atoms with Crippen molar-refractivity contribution in [2.45, 2.75) is 140 Å². The van der Waals surface area contributed by atoms with Crippen LogP contribution in [0.15, 0.2) is 0 Å². The molecule has 19 heteroatoms. The van der Waals surface area contributed by atoms with E-state index in [1.165, 1.54) is 0 Å². The number of carbonyl (C=O) groups is 9. The summed E-state index contributed by atoms with van der Waals surface area (Å²) in [5, 5.41) is 49.1. The van der Waals surface area contributed by atoms with Gasteiger partial charge >= 0.3 is 23.9 Å². The topological polar surface area (TPSA) is 321 Å². The van der Waals surface area contributed by atoms with Gasteiger partial charge in [-0.15, -0.1) is 0 Å². The van der Waals surface area contributed by atoms with Gasteiger partial charge in [0.15, 0.2) is 0 Å². The highest BCUT2D eigenvalue weighted by Gasteiger charge is 2.29. The molecule has 0 saturated carbocycles. The van der Waals surface area contributed by atoms with Crippen molar-refractivity contribution in [3.05, 3.63) is 0 Å². The van der Waals surface area contributed by atoms with E-state index in [1.807, 2.05) is 0 Å². The Morgan fingerprint density at radius 2 is 0.792 bits per heavy atom. The first-order valence-electron chi connectivity index (χ1n) is 18.2. The number of hydrogen-bond donors (Lipinski definition) is 10. The molecule has 302 valence electrons. The average molecular weight is 759 g/mol. The molecule has 0 spiro atoms. The first-order valence-corrected chi connectivity index (χ1v) is 18.2. The van der Waals surface area contributed by atoms with Crippen molar-refractivity contribution in [1.29, 1.82) is 0 Å². The van der Waals surface area contributed by atoms with Crippen LogP contribution in [0.1, 0.15) is 122 Å². The summed E-state index contributed by atoms with van der Waals surface area (Å²) >= 11 is 0. The van der Waals surface area contributed by atoms with Crippen LogP contribution in [-0.2, 0) is 43.2 Å². The highest BCUT2D eigenvalue weighted by atomic mass is 16.4. The first-order chi connectivity index (χ1) is 25.2. The number of nitrogens with one attached hydrogen (secondary N) is 5. The second-order valence-corrected chi connectivity index (χ2v) is 12.7. The fraction of sp³-hybridized carbons (Fsp3) is 0.735. The van der Waals surface area contributed by atoms with Crippen LogP contribution in [0.5, 0.6) is 0 Å². The second-order valence-electron chi connectivity index (χ2n) is 12.7. The SMILES string of the molecule is NCCCCC[C@H](NC(=O)[C@H](CCCCNC(=O)CCCC(=O)O)NC(=O)C(CCCCNC(=O)CCCC(=O)O)NC(=O)CCCC(=O)O)C(=O)O. The molecular formula is C34H58N6O13. The third-order valence-corrected chi connectivity index (χ3v) is 7.96. The molecule has 1 unspecified atom stereocenters. The number of hydrogen-bond acceptors (Lipinski definition) is 10. The highest BCUT2D eigenvalue weighted by Crippen LogP contribution is 2.09. The van der Waals surface area contributed by atoms with Crippen molar-refractivity contribution < 1.29 is 63.6 Å². The van der Waals surface area contributed by atoms with Gasteiger partial charge in [-0.1, -0.05) is 12.8 Å². The van der Waals surface area contributed by atoms with Crippen molar-refractivity contribution in [2.24, 2.45) is 5.73 Å². The molecule has 0 aliphatic carbocycles. The van der Waals surface area contributed by atoms with E-state index >= 15 is 0 Å². The normalized spacial score (nSPS) is 12.4. The molecule has 0 fully saturated rings. The Balaban J connectivity index is 5.64. The zero-order valence-corrected chi connectivity index (χ0v) is 30.3. The standard InChI is InChI=1S/C34H58N6O13/c35-20-5-1-2-13-25(34(52)53)40-33(51)24(12-4-7-22-37-27(42)15-9-18-30(46)47)39-32(50)23(38-28(43)16-10-19-31(48)49)11-3-6-21-36-26(41)14-8-17-29(44)45/h23-25H,1-22,35H2,(H,36,41)(H,37,42)(H,38,43)(H,39,50)(H,40,51)(H,44,45)(H,46,47)(H,48,49)(H,52,53)/t23?,24-,25-/m0/s1. The zero-order chi connectivity index (χ0) is 40.0. The molecule has 0 radical (unpaired) electrons. The Morgan fingerprint density at radius 1 is 0.415 bits per heavy atom. The largest absolute Gasteiger partial charge is 0.481 e.